The quantitative estimate of drug-likeness (QED) is 0.115. The second-order valence-corrected chi connectivity index (χ2v) is 13.7. The van der Waals surface area contributed by atoms with Crippen LogP contribution < -0.4 is 16.9 Å². The van der Waals surface area contributed by atoms with Crippen LogP contribution in [0, 0.1) is 0 Å². The topological polar surface area (TPSA) is 225 Å². The van der Waals surface area contributed by atoms with E-state index in [2.05, 4.69) is 37.2 Å². The van der Waals surface area contributed by atoms with E-state index in [1.807, 2.05) is 0 Å². The Hall–Kier alpha value is -2.77. The van der Waals surface area contributed by atoms with Gasteiger partial charge in [0.1, 0.15) is 23.2 Å². The molecule has 0 spiro atoms. The van der Waals surface area contributed by atoms with Gasteiger partial charge in [0.2, 0.25) is 5.95 Å². The summed E-state index contributed by atoms with van der Waals surface area (Å²) in [4.78, 5) is 41.3. The number of imidazole rings is 1. The molecule has 1 unspecified atom stereocenters. The summed E-state index contributed by atoms with van der Waals surface area (Å²) in [6, 6.07) is 1.45. The predicted octanol–water partition coefficient (Wildman–Crippen LogP) is 0.472. The zero-order valence-corrected chi connectivity index (χ0v) is 23.4. The van der Waals surface area contributed by atoms with Crippen molar-refractivity contribution in [1.29, 1.82) is 0 Å². The number of aliphatic hydroxyl groups excluding tert-OH is 2. The highest BCUT2D eigenvalue weighted by molar-refractivity contribution is 8.44. The van der Waals surface area contributed by atoms with Crippen LogP contribution in [-0.2, 0) is 18.3 Å². The highest BCUT2D eigenvalue weighted by Crippen LogP contribution is 2.59. The van der Waals surface area contributed by atoms with Gasteiger partial charge in [0.25, 0.3) is 11.1 Å². The second-order valence-electron chi connectivity index (χ2n) is 9.44. The van der Waals surface area contributed by atoms with Crippen LogP contribution in [-0.4, -0.2) is 87.2 Å². The molecule has 0 amide bonds. The van der Waals surface area contributed by atoms with E-state index in [0.717, 1.165) is 0 Å². The monoisotopic (exact) mass is 630 g/mol. The third-order valence-corrected chi connectivity index (χ3v) is 10.0. The van der Waals surface area contributed by atoms with E-state index in [4.69, 9.17) is 19.5 Å². The third kappa shape index (κ3) is 5.20. The Balaban J connectivity index is 1.17. The largest absolute Gasteiger partial charge is 0.395 e. The molecule has 6 heterocycles. The van der Waals surface area contributed by atoms with Crippen molar-refractivity contribution < 1.29 is 33.0 Å². The highest BCUT2D eigenvalue weighted by Gasteiger charge is 2.47. The Morgan fingerprint density at radius 2 is 2.10 bits per heavy atom. The number of fused-ring (bicyclic) bond motifs is 2. The lowest BCUT2D eigenvalue weighted by Crippen LogP contribution is -2.31. The summed E-state index contributed by atoms with van der Waals surface area (Å²) < 4.78 is 48.0. The van der Waals surface area contributed by atoms with Crippen molar-refractivity contribution in [3.05, 3.63) is 45.6 Å². The van der Waals surface area contributed by atoms with Crippen LogP contribution in [0.15, 0.2) is 34.5 Å². The molecule has 4 aromatic heterocycles. The summed E-state index contributed by atoms with van der Waals surface area (Å²) in [5.41, 5.74) is 5.10. The maximum absolute atomic E-state index is 15.1. The SMILES string of the molecule is Nc1nc2c(ncn2[C@@H]2S[C@H](CO)C[C@H]2OP(=O)(S)OC[C@H]2O[C@@H](n3ccc4c(=O)[nH]cnc43)[C@@H](F)[C@@H]2O)c(=O)[nH]1. The first-order valence-electron chi connectivity index (χ1n) is 12.2. The lowest BCUT2D eigenvalue weighted by Gasteiger charge is -2.24. The number of nitrogens with two attached hydrogens (primary N) is 1. The van der Waals surface area contributed by atoms with Crippen molar-refractivity contribution in [2.75, 3.05) is 18.9 Å². The average molecular weight is 631 g/mol. The normalized spacial score (nSPS) is 29.9. The molecule has 6 rings (SSSR count). The van der Waals surface area contributed by atoms with Gasteiger partial charge in [-0.1, -0.05) is 12.2 Å². The van der Waals surface area contributed by atoms with Crippen LogP contribution >= 0.6 is 30.8 Å². The molecule has 2 saturated heterocycles. The molecule has 0 radical (unpaired) electrons. The third-order valence-electron chi connectivity index (χ3n) is 6.83. The molecule has 4 aromatic rings. The number of aromatic nitrogens is 7. The van der Waals surface area contributed by atoms with Gasteiger partial charge in [-0.2, -0.15) is 4.98 Å². The number of hydrogen-bond acceptors (Lipinski definition) is 13. The van der Waals surface area contributed by atoms with Gasteiger partial charge in [0.05, 0.1) is 37.4 Å². The molecular weight excluding hydrogens is 606 g/mol. The fraction of sp³-hybridized carbons (Fsp3) is 0.476. The number of nitrogens with one attached hydrogen (secondary N) is 2. The van der Waals surface area contributed by atoms with Gasteiger partial charge in [0, 0.05) is 11.4 Å². The molecule has 0 aliphatic carbocycles. The number of ether oxygens (including phenoxy) is 1. The van der Waals surface area contributed by atoms with Crippen LogP contribution in [0.5, 0.6) is 0 Å². The minimum Gasteiger partial charge on any atom is -0.395 e. The van der Waals surface area contributed by atoms with Gasteiger partial charge in [-0.3, -0.25) is 28.2 Å². The van der Waals surface area contributed by atoms with E-state index in [-0.39, 0.29) is 46.4 Å². The Morgan fingerprint density at radius 3 is 2.88 bits per heavy atom. The van der Waals surface area contributed by atoms with E-state index < -0.39 is 60.6 Å². The second kappa shape index (κ2) is 10.8. The number of anilines is 1. The van der Waals surface area contributed by atoms with Crippen LogP contribution in [0.2, 0.25) is 0 Å². The summed E-state index contributed by atoms with van der Waals surface area (Å²) in [7, 11) is 0. The van der Waals surface area contributed by atoms with Gasteiger partial charge in [-0.15, -0.1) is 11.8 Å². The molecule has 2 aliphatic rings. The lowest BCUT2D eigenvalue weighted by molar-refractivity contribution is -0.0433. The summed E-state index contributed by atoms with van der Waals surface area (Å²) in [6.07, 6.45) is -2.82. The van der Waals surface area contributed by atoms with Crippen molar-refractivity contribution in [1.82, 2.24) is 34.1 Å². The predicted molar refractivity (Wildman–Crippen MR) is 147 cm³/mol. The first-order valence-corrected chi connectivity index (χ1v) is 15.9. The highest BCUT2D eigenvalue weighted by atomic mass is 32.7. The molecule has 6 N–H and O–H groups in total. The zero-order valence-electron chi connectivity index (χ0n) is 20.8. The first kappa shape index (κ1) is 28.4. The molecule has 0 aromatic carbocycles. The van der Waals surface area contributed by atoms with Gasteiger partial charge < -0.3 is 30.2 Å². The molecule has 2 fully saturated rings. The lowest BCUT2D eigenvalue weighted by atomic mass is 10.1. The smallest absolute Gasteiger partial charge is 0.386 e. The molecule has 20 heteroatoms. The number of nitrogen functional groups attached to an aromatic ring is 1. The Bertz CT molecular complexity index is 1760. The minimum atomic E-state index is -4.15. The Labute approximate surface area is 238 Å². The number of aliphatic hydroxyl groups is 2. The minimum absolute atomic E-state index is 0.0364. The molecule has 8 atom stereocenters. The van der Waals surface area contributed by atoms with Crippen LogP contribution in [0.25, 0.3) is 22.2 Å². The summed E-state index contributed by atoms with van der Waals surface area (Å²) in [5, 5.41) is 19.5. The molecular formula is C21H24FN8O8PS2. The van der Waals surface area contributed by atoms with Crippen LogP contribution in [0.1, 0.15) is 18.0 Å². The molecule has 16 nitrogen and oxygen atoms in total. The maximum Gasteiger partial charge on any atom is 0.386 e. The molecule has 220 valence electrons. The number of aromatic amines is 2. The number of alkyl halides is 1. The fourth-order valence-electron chi connectivity index (χ4n) is 4.92. The number of thiol groups is 1. The van der Waals surface area contributed by atoms with E-state index in [1.165, 1.54) is 45.8 Å². The zero-order chi connectivity index (χ0) is 29.1. The number of nitrogens with zero attached hydrogens (tertiary/aromatic N) is 5. The summed E-state index contributed by atoms with van der Waals surface area (Å²) >= 11 is 5.36. The van der Waals surface area contributed by atoms with Crippen LogP contribution in [0.3, 0.4) is 0 Å². The van der Waals surface area contributed by atoms with Crippen LogP contribution in [0.4, 0.5) is 10.3 Å². The van der Waals surface area contributed by atoms with Crippen molar-refractivity contribution in [3.8, 4) is 0 Å². The van der Waals surface area contributed by atoms with E-state index in [0.29, 0.717) is 0 Å². The molecule has 41 heavy (non-hydrogen) atoms. The summed E-state index contributed by atoms with van der Waals surface area (Å²) in [5.74, 6) is -0.123. The van der Waals surface area contributed by atoms with E-state index in [9.17, 15) is 24.4 Å². The van der Waals surface area contributed by atoms with E-state index in [1.54, 1.807) is 0 Å². The Kier molecular flexibility index (Phi) is 7.48. The number of hydrogen-bond donors (Lipinski definition) is 6. The summed E-state index contributed by atoms with van der Waals surface area (Å²) in [6.45, 7) is -4.90. The Morgan fingerprint density at radius 1 is 1.29 bits per heavy atom. The van der Waals surface area contributed by atoms with Crippen molar-refractivity contribution in [2.24, 2.45) is 0 Å². The molecule has 0 saturated carbocycles. The number of halogens is 1. The molecule has 0 bridgehead atoms. The van der Waals surface area contributed by atoms with Gasteiger partial charge in [-0.05, 0) is 12.5 Å². The van der Waals surface area contributed by atoms with Crippen molar-refractivity contribution in [2.45, 2.75) is 47.8 Å². The molecule has 2 aliphatic heterocycles. The van der Waals surface area contributed by atoms with E-state index >= 15 is 4.39 Å². The van der Waals surface area contributed by atoms with Gasteiger partial charge in [-0.25, -0.2) is 18.9 Å². The maximum atomic E-state index is 15.1. The number of rotatable bonds is 8. The fourth-order valence-corrected chi connectivity index (χ4v) is 7.92. The average Bonchev–Trinajstić information content (AvgIpc) is 3.69. The number of thioether (sulfide) groups is 1. The van der Waals surface area contributed by atoms with Crippen molar-refractivity contribution >= 4 is 59.0 Å². The first-order chi connectivity index (χ1) is 19.6. The standard InChI is InChI=1S/C21H24FN8O8PS2/c22-12-14(32)11(37-19(12)29-2-1-9-15(29)24-6-25-17(9)33)5-36-39(35,40)38-10-3-8(4-31)41-20(10)30-7-26-13-16(30)27-21(23)28-18(13)34/h1-2,6-8,10-12,14,19-20,31-32H,3-5H2,(H,35,40)(H,24,25,33)(H3,23,27,28,34)/t8-,10+,11+,12-,14+,19+,20+,39?/m0/s1. The van der Waals surface area contributed by atoms with Gasteiger partial charge >= 0.3 is 6.80 Å². The number of H-pyrrole nitrogens is 2. The van der Waals surface area contributed by atoms with Gasteiger partial charge in [0.15, 0.2) is 23.6 Å². The van der Waals surface area contributed by atoms with Crippen molar-refractivity contribution in [3.63, 3.8) is 0 Å².